The van der Waals surface area contributed by atoms with Crippen molar-refractivity contribution in [2.24, 2.45) is 23.7 Å². The average Bonchev–Trinajstić information content (AvgIpc) is 3.87. The molecule has 2 unspecified atom stereocenters. The summed E-state index contributed by atoms with van der Waals surface area (Å²) < 4.78 is 10.6. The summed E-state index contributed by atoms with van der Waals surface area (Å²) in [5.41, 5.74) is 7.11. The SMILES string of the molecule is CC(C)(C)OC(=O)NC1CCC(CCC(=O)O)CC1.CC(C)CC1NCCc2c1[nH]c1ccccc21.CC(C)CC1c2[nH]c3ccccc3c2CCN1C(=O)CCC1CCC(NC(=O)OC(C)(C)C)CC1. The highest BCUT2D eigenvalue weighted by Gasteiger charge is 2.35. The van der Waals surface area contributed by atoms with Crippen molar-refractivity contribution >= 4 is 45.9 Å². The van der Waals surface area contributed by atoms with Crippen LogP contribution < -0.4 is 16.0 Å². The molecule has 2 atom stereocenters. The van der Waals surface area contributed by atoms with Gasteiger partial charge in [-0.1, -0.05) is 64.1 Å². The van der Waals surface area contributed by atoms with E-state index in [1.54, 1.807) is 0 Å². The quantitative estimate of drug-likeness (QED) is 0.0812. The summed E-state index contributed by atoms with van der Waals surface area (Å²) in [6, 6.07) is 18.1. The van der Waals surface area contributed by atoms with Crippen LogP contribution in [0.5, 0.6) is 0 Å². The molecule has 2 fully saturated rings. The summed E-state index contributed by atoms with van der Waals surface area (Å²) in [4.78, 5) is 57.0. The van der Waals surface area contributed by atoms with Crippen LogP contribution in [0.2, 0.25) is 0 Å². The van der Waals surface area contributed by atoms with Crippen molar-refractivity contribution in [3.8, 4) is 0 Å². The van der Waals surface area contributed by atoms with Gasteiger partial charge in [-0.25, -0.2) is 9.59 Å². The van der Waals surface area contributed by atoms with Crippen molar-refractivity contribution in [3.05, 3.63) is 71.0 Å². The van der Waals surface area contributed by atoms with E-state index in [1.807, 2.05) is 41.5 Å². The molecule has 71 heavy (non-hydrogen) atoms. The van der Waals surface area contributed by atoms with Crippen LogP contribution in [0, 0.1) is 23.7 Å². The predicted molar refractivity (Wildman–Crippen MR) is 284 cm³/mol. The van der Waals surface area contributed by atoms with Crippen molar-refractivity contribution < 1.29 is 33.8 Å². The molecule has 0 bridgehead atoms. The summed E-state index contributed by atoms with van der Waals surface area (Å²) in [5, 5.41) is 20.9. The van der Waals surface area contributed by atoms with Gasteiger partial charge < -0.3 is 45.4 Å². The van der Waals surface area contributed by atoms with Gasteiger partial charge in [0.15, 0.2) is 0 Å². The Hall–Kier alpha value is -5.04. The maximum absolute atomic E-state index is 13.4. The second-order valence-electron chi connectivity index (χ2n) is 23.7. The Morgan fingerprint density at radius 3 is 1.59 bits per heavy atom. The van der Waals surface area contributed by atoms with E-state index in [-0.39, 0.29) is 42.6 Å². The molecule has 2 saturated carbocycles. The molecule has 4 aromatic rings. The number of hydrogen-bond donors (Lipinski definition) is 6. The first-order chi connectivity index (χ1) is 33.6. The number of alkyl carbamates (subject to hydrolysis) is 2. The van der Waals surface area contributed by atoms with Crippen molar-refractivity contribution in [3.63, 3.8) is 0 Å². The predicted octanol–water partition coefficient (Wildman–Crippen LogP) is 12.8. The summed E-state index contributed by atoms with van der Waals surface area (Å²) in [6.45, 7) is 22.1. The number of amides is 3. The Morgan fingerprint density at radius 1 is 0.648 bits per heavy atom. The molecular formula is C58H88N6O7. The molecule has 13 heteroatoms. The fourth-order valence-electron chi connectivity index (χ4n) is 11.2. The van der Waals surface area contributed by atoms with Gasteiger partial charge in [-0.05, 0) is 185 Å². The number of carboxylic acid groups (broad SMARTS) is 1. The Kier molecular flexibility index (Phi) is 19.5. The third kappa shape index (κ3) is 16.8. The fourth-order valence-corrected chi connectivity index (χ4v) is 11.2. The van der Waals surface area contributed by atoms with E-state index in [2.05, 4.69) is 107 Å². The van der Waals surface area contributed by atoms with E-state index in [4.69, 9.17) is 14.6 Å². The minimum absolute atomic E-state index is 0.132. The van der Waals surface area contributed by atoms with Crippen LogP contribution in [0.15, 0.2) is 48.5 Å². The molecule has 4 heterocycles. The standard InChI is InChI=1S/C29H43N3O3.C15H20N2.C14H25NO4/c1-19(2)18-25-27-23(22-8-6-7-9-24(22)31-27)16-17-32(25)26(33)15-12-20-10-13-21(14-11-20)30-28(34)35-29(3,4)5;1-10(2)9-14-15-12(7-8-16-14)11-5-3-4-6-13(11)17-15;1-14(2,3)19-13(18)15-11-7-4-10(5-8-11)6-9-12(16)17/h6-9,19-21,25,31H,10-18H2,1-5H3,(H,30,34);3-6,10,14,16-17H,7-9H2,1-2H3;10-11H,4-9H2,1-3H3,(H,15,18)(H,16,17). The zero-order valence-electron chi connectivity index (χ0n) is 44.8. The Balaban J connectivity index is 0.000000192. The highest BCUT2D eigenvalue weighted by atomic mass is 16.6. The van der Waals surface area contributed by atoms with Crippen LogP contribution in [0.3, 0.4) is 0 Å². The molecule has 0 spiro atoms. The second-order valence-corrected chi connectivity index (χ2v) is 23.7. The van der Waals surface area contributed by atoms with Crippen LogP contribution >= 0.6 is 0 Å². The molecule has 2 aromatic heterocycles. The number of nitrogens with zero attached hydrogens (tertiary/aromatic N) is 1. The Labute approximate surface area is 424 Å². The normalized spacial score (nSPS) is 22.3. The molecule has 3 amide bonds. The lowest BCUT2D eigenvalue weighted by molar-refractivity contribution is -0.137. The van der Waals surface area contributed by atoms with Gasteiger partial charge in [-0.15, -0.1) is 0 Å². The molecule has 13 nitrogen and oxygen atoms in total. The van der Waals surface area contributed by atoms with E-state index >= 15 is 0 Å². The van der Waals surface area contributed by atoms with Gasteiger partial charge in [0.05, 0.1) is 6.04 Å². The van der Waals surface area contributed by atoms with E-state index in [0.29, 0.717) is 30.2 Å². The lowest BCUT2D eigenvalue weighted by atomic mass is 9.83. The van der Waals surface area contributed by atoms with Gasteiger partial charge in [-0.3, -0.25) is 9.59 Å². The summed E-state index contributed by atoms with van der Waals surface area (Å²) >= 11 is 0. The number of H-pyrrole nitrogens is 2. The first-order valence-corrected chi connectivity index (χ1v) is 27.0. The number of carbonyl (C=O) groups is 4. The van der Waals surface area contributed by atoms with Gasteiger partial charge in [0, 0.05) is 70.7 Å². The first-order valence-electron chi connectivity index (χ1n) is 27.0. The Bertz CT molecular complexity index is 2360. The minimum atomic E-state index is -0.728. The molecule has 2 aliphatic heterocycles. The molecule has 2 aliphatic carbocycles. The number of aromatic nitrogens is 2. The third-order valence-corrected chi connectivity index (χ3v) is 14.5. The maximum atomic E-state index is 13.4. The van der Waals surface area contributed by atoms with Crippen LogP contribution in [0.1, 0.15) is 194 Å². The number of carbonyl (C=O) groups excluding carboxylic acids is 3. The largest absolute Gasteiger partial charge is 0.481 e. The van der Waals surface area contributed by atoms with Crippen molar-refractivity contribution in [2.45, 2.75) is 207 Å². The first kappa shape index (κ1) is 55.3. The second kappa shape index (κ2) is 25.1. The van der Waals surface area contributed by atoms with Gasteiger partial charge >= 0.3 is 18.2 Å². The molecule has 392 valence electrons. The topological polar surface area (TPSA) is 178 Å². The zero-order chi connectivity index (χ0) is 51.5. The van der Waals surface area contributed by atoms with E-state index < -0.39 is 17.2 Å². The Morgan fingerprint density at radius 2 is 1.11 bits per heavy atom. The summed E-state index contributed by atoms with van der Waals surface area (Å²) in [7, 11) is 0. The monoisotopic (exact) mass is 981 g/mol. The number of rotatable bonds is 12. The van der Waals surface area contributed by atoms with E-state index in [0.717, 1.165) is 102 Å². The minimum Gasteiger partial charge on any atom is -0.481 e. The summed E-state index contributed by atoms with van der Waals surface area (Å²) in [6.07, 6.45) is 13.9. The highest BCUT2D eigenvalue weighted by molar-refractivity contribution is 5.87. The molecule has 0 radical (unpaired) electrons. The summed E-state index contributed by atoms with van der Waals surface area (Å²) in [5.74, 6) is 1.83. The van der Waals surface area contributed by atoms with Crippen molar-refractivity contribution in [1.82, 2.24) is 30.8 Å². The van der Waals surface area contributed by atoms with Crippen LogP contribution in [-0.2, 0) is 31.9 Å². The van der Waals surface area contributed by atoms with Crippen molar-refractivity contribution in [1.29, 1.82) is 0 Å². The maximum Gasteiger partial charge on any atom is 0.407 e. The lowest BCUT2D eigenvalue weighted by Gasteiger charge is -2.37. The van der Waals surface area contributed by atoms with Gasteiger partial charge in [0.2, 0.25) is 5.91 Å². The molecule has 2 aromatic carbocycles. The molecular weight excluding hydrogens is 893 g/mol. The van der Waals surface area contributed by atoms with Crippen LogP contribution in [0.25, 0.3) is 21.8 Å². The molecule has 0 saturated heterocycles. The molecule has 6 N–H and O–H groups in total. The number of ether oxygens (including phenoxy) is 2. The smallest absolute Gasteiger partial charge is 0.407 e. The van der Waals surface area contributed by atoms with Crippen LogP contribution in [0.4, 0.5) is 9.59 Å². The number of fused-ring (bicyclic) bond motifs is 6. The van der Waals surface area contributed by atoms with Gasteiger partial charge in [-0.2, -0.15) is 0 Å². The van der Waals surface area contributed by atoms with Crippen LogP contribution in [-0.4, -0.2) is 80.4 Å². The number of aromatic amines is 2. The molecule has 4 aliphatic rings. The number of para-hydroxylation sites is 2. The third-order valence-electron chi connectivity index (χ3n) is 14.5. The average molecular weight is 981 g/mol. The number of carboxylic acids is 1. The lowest BCUT2D eigenvalue weighted by Crippen LogP contribution is -2.41. The number of nitrogens with one attached hydrogen (secondary N) is 5. The highest BCUT2D eigenvalue weighted by Crippen LogP contribution is 2.39. The van der Waals surface area contributed by atoms with E-state index in [1.165, 1.54) is 50.7 Å². The molecule has 8 rings (SSSR count). The zero-order valence-corrected chi connectivity index (χ0v) is 44.8. The number of hydrogen-bond acceptors (Lipinski definition) is 7. The van der Waals surface area contributed by atoms with Gasteiger partial charge in [0.1, 0.15) is 11.2 Å². The number of aliphatic carboxylic acids is 1. The van der Waals surface area contributed by atoms with Crippen molar-refractivity contribution in [2.75, 3.05) is 13.1 Å². The fraction of sp³-hybridized carbons (Fsp3) is 0.655. The van der Waals surface area contributed by atoms with Gasteiger partial charge in [0.25, 0.3) is 0 Å². The number of benzene rings is 2. The van der Waals surface area contributed by atoms with E-state index in [9.17, 15) is 19.2 Å².